The zero-order valence-electron chi connectivity index (χ0n) is 23.4. The number of fused-ring (bicyclic) bond motifs is 1. The van der Waals surface area contributed by atoms with E-state index in [0.29, 0.717) is 48.9 Å². The molecule has 2 saturated heterocycles. The van der Waals surface area contributed by atoms with Crippen molar-refractivity contribution in [2.24, 2.45) is 5.92 Å². The molecule has 2 unspecified atom stereocenters. The molecule has 4 atom stereocenters. The molecule has 0 radical (unpaired) electrons. The van der Waals surface area contributed by atoms with Crippen molar-refractivity contribution in [2.45, 2.75) is 51.1 Å². The number of likely N-dealkylation sites (tertiary alicyclic amines) is 1. The maximum Gasteiger partial charge on any atom is 0.335 e. The lowest BCUT2D eigenvalue weighted by atomic mass is 9.76. The molecule has 2 aromatic carbocycles. The molecule has 0 bridgehead atoms. The number of benzene rings is 2. The van der Waals surface area contributed by atoms with Crippen LogP contribution in [-0.4, -0.2) is 59.0 Å². The number of amides is 2. The quantitative estimate of drug-likeness (QED) is 0.383. The summed E-state index contributed by atoms with van der Waals surface area (Å²) in [6.07, 6.45) is 2.21. The number of nitrogens with zero attached hydrogens (tertiary/aromatic N) is 1. The van der Waals surface area contributed by atoms with E-state index in [-0.39, 0.29) is 47.5 Å². The Kier molecular flexibility index (Phi) is 7.86. The molecule has 5 rings (SSSR count). The van der Waals surface area contributed by atoms with Gasteiger partial charge in [0.05, 0.1) is 11.3 Å². The molecule has 41 heavy (non-hydrogen) atoms. The minimum absolute atomic E-state index is 0.118. The standard InChI is InChI=1S/C31H35FN4O5/c1-4-33-25-16-20(32)15-24-28(25)35-30(40)31(24,3)36-14-13-22(26(17-36)34-18(2)37)23-7-5-6-8-27(23)41-21-11-9-19(10-12-21)29(38)39/h5-12,16,22,24,26,33H,4,13-15,17H2,1-3H3,(H,34,37)(H,35,40)(H,38,39)/t22-,24?,26+,31?/m1/s1. The van der Waals surface area contributed by atoms with Crippen LogP contribution in [0.15, 0.2) is 71.8 Å². The van der Waals surface area contributed by atoms with Gasteiger partial charge < -0.3 is 25.8 Å². The van der Waals surface area contributed by atoms with Crippen LogP contribution < -0.4 is 20.7 Å². The van der Waals surface area contributed by atoms with Gasteiger partial charge in [-0.1, -0.05) is 18.2 Å². The zero-order chi connectivity index (χ0) is 29.3. The number of allylic oxidation sites excluding steroid dienone is 2. The lowest BCUT2D eigenvalue weighted by molar-refractivity contribution is -0.132. The molecule has 3 aliphatic rings. The summed E-state index contributed by atoms with van der Waals surface area (Å²) in [5.74, 6) is -1.05. The van der Waals surface area contributed by atoms with Crippen LogP contribution in [0.4, 0.5) is 4.39 Å². The van der Waals surface area contributed by atoms with Crippen molar-refractivity contribution in [3.8, 4) is 11.5 Å². The molecule has 9 nitrogen and oxygen atoms in total. The van der Waals surface area contributed by atoms with Crippen LogP contribution in [0.2, 0.25) is 0 Å². The van der Waals surface area contributed by atoms with Gasteiger partial charge in [-0.15, -0.1) is 0 Å². The monoisotopic (exact) mass is 562 g/mol. The van der Waals surface area contributed by atoms with Crippen LogP contribution >= 0.6 is 0 Å². The van der Waals surface area contributed by atoms with Crippen molar-refractivity contribution < 1.29 is 28.6 Å². The fourth-order valence-electron chi connectivity index (χ4n) is 6.35. The van der Waals surface area contributed by atoms with E-state index in [1.165, 1.54) is 25.1 Å². The number of hydrogen-bond acceptors (Lipinski definition) is 6. The second-order valence-corrected chi connectivity index (χ2v) is 10.9. The fraction of sp³-hybridized carbons (Fsp3) is 0.387. The van der Waals surface area contributed by atoms with Crippen molar-refractivity contribution in [2.75, 3.05) is 19.6 Å². The van der Waals surface area contributed by atoms with Gasteiger partial charge in [0.15, 0.2) is 0 Å². The summed E-state index contributed by atoms with van der Waals surface area (Å²) >= 11 is 0. The van der Waals surface area contributed by atoms with E-state index in [1.807, 2.05) is 38.1 Å². The number of carbonyl (C=O) groups excluding carboxylic acids is 2. The van der Waals surface area contributed by atoms with Gasteiger partial charge in [-0.2, -0.15) is 0 Å². The maximum atomic E-state index is 14.8. The Morgan fingerprint density at radius 2 is 1.93 bits per heavy atom. The van der Waals surface area contributed by atoms with E-state index in [9.17, 15) is 23.9 Å². The largest absolute Gasteiger partial charge is 0.478 e. The third-order valence-corrected chi connectivity index (χ3v) is 8.40. The van der Waals surface area contributed by atoms with Crippen LogP contribution in [0, 0.1) is 5.92 Å². The summed E-state index contributed by atoms with van der Waals surface area (Å²) in [6, 6.07) is 13.4. The lowest BCUT2D eigenvalue weighted by Crippen LogP contribution is -2.62. The topological polar surface area (TPSA) is 120 Å². The Hall–Kier alpha value is -4.18. The number of ether oxygens (including phenoxy) is 1. The number of carboxylic acids is 1. The fourth-order valence-corrected chi connectivity index (χ4v) is 6.35. The number of hydrogen-bond donors (Lipinski definition) is 4. The normalized spacial score (nSPS) is 26.1. The van der Waals surface area contributed by atoms with Crippen molar-refractivity contribution >= 4 is 17.8 Å². The first-order valence-electron chi connectivity index (χ1n) is 13.9. The highest BCUT2D eigenvalue weighted by atomic mass is 19.1. The highest BCUT2D eigenvalue weighted by Gasteiger charge is 2.56. The second-order valence-electron chi connectivity index (χ2n) is 10.9. The molecule has 2 heterocycles. The number of para-hydroxylation sites is 1. The highest BCUT2D eigenvalue weighted by molar-refractivity contribution is 5.92. The number of carbonyl (C=O) groups is 3. The Balaban J connectivity index is 1.42. The van der Waals surface area contributed by atoms with Crippen LogP contribution in [0.1, 0.15) is 55.5 Å². The molecule has 10 heteroatoms. The summed E-state index contributed by atoms with van der Waals surface area (Å²) in [4.78, 5) is 39.2. The number of rotatable bonds is 8. The van der Waals surface area contributed by atoms with Crippen LogP contribution in [0.25, 0.3) is 0 Å². The predicted octanol–water partition coefficient (Wildman–Crippen LogP) is 4.05. The minimum atomic E-state index is -1.01. The molecular weight excluding hydrogens is 527 g/mol. The van der Waals surface area contributed by atoms with Gasteiger partial charge in [-0.3, -0.25) is 14.5 Å². The molecule has 4 N–H and O–H groups in total. The molecule has 2 aliphatic heterocycles. The van der Waals surface area contributed by atoms with Crippen molar-refractivity contribution in [1.29, 1.82) is 0 Å². The third kappa shape index (κ3) is 5.44. The van der Waals surface area contributed by atoms with Crippen molar-refractivity contribution in [1.82, 2.24) is 20.9 Å². The average Bonchev–Trinajstić information content (AvgIpc) is 3.20. The summed E-state index contributed by atoms with van der Waals surface area (Å²) in [5, 5.41) is 18.5. The second kappa shape index (κ2) is 11.4. The van der Waals surface area contributed by atoms with Gasteiger partial charge >= 0.3 is 5.97 Å². The summed E-state index contributed by atoms with van der Waals surface area (Å²) in [6.45, 7) is 6.80. The molecule has 0 aromatic heterocycles. The van der Waals surface area contributed by atoms with E-state index in [4.69, 9.17) is 4.74 Å². The first kappa shape index (κ1) is 28.4. The molecule has 0 spiro atoms. The number of carboxylic acid groups (broad SMARTS) is 1. The van der Waals surface area contributed by atoms with Crippen LogP contribution in [0.3, 0.4) is 0 Å². The Morgan fingerprint density at radius 3 is 2.61 bits per heavy atom. The number of piperidine rings is 1. The summed E-state index contributed by atoms with van der Waals surface area (Å²) in [5.41, 5.74) is 1.39. The predicted molar refractivity (Wildman–Crippen MR) is 151 cm³/mol. The van der Waals surface area contributed by atoms with Crippen LogP contribution in [-0.2, 0) is 9.59 Å². The number of aromatic carboxylic acids is 1. The molecular formula is C31H35FN4O5. The number of likely N-dealkylation sites (N-methyl/N-ethyl adjacent to an activating group) is 1. The Morgan fingerprint density at radius 1 is 1.20 bits per heavy atom. The highest BCUT2D eigenvalue weighted by Crippen LogP contribution is 2.46. The lowest BCUT2D eigenvalue weighted by Gasteiger charge is -2.47. The van der Waals surface area contributed by atoms with Gasteiger partial charge in [0, 0.05) is 55.6 Å². The van der Waals surface area contributed by atoms with Crippen molar-refractivity contribution in [3.63, 3.8) is 0 Å². The van der Waals surface area contributed by atoms with Gasteiger partial charge in [0.25, 0.3) is 0 Å². The van der Waals surface area contributed by atoms with E-state index in [1.54, 1.807) is 12.1 Å². The van der Waals surface area contributed by atoms with Gasteiger partial charge in [-0.05, 0) is 63.2 Å². The van der Waals surface area contributed by atoms with Crippen LogP contribution in [0.5, 0.6) is 11.5 Å². The minimum Gasteiger partial charge on any atom is -0.478 e. The summed E-state index contributed by atoms with van der Waals surface area (Å²) in [7, 11) is 0. The zero-order valence-corrected chi connectivity index (χ0v) is 23.4. The molecule has 2 aromatic rings. The Labute approximate surface area is 238 Å². The number of nitrogens with one attached hydrogen (secondary N) is 3. The first-order chi connectivity index (χ1) is 19.6. The first-order valence-corrected chi connectivity index (χ1v) is 13.9. The van der Waals surface area contributed by atoms with E-state index < -0.39 is 11.5 Å². The molecule has 0 saturated carbocycles. The van der Waals surface area contributed by atoms with Gasteiger partial charge in [-0.25, -0.2) is 9.18 Å². The van der Waals surface area contributed by atoms with Gasteiger partial charge in [0.1, 0.15) is 22.9 Å². The molecule has 2 fully saturated rings. The van der Waals surface area contributed by atoms with Crippen molar-refractivity contribution in [3.05, 3.63) is 83.0 Å². The Bertz CT molecular complexity index is 1420. The third-order valence-electron chi connectivity index (χ3n) is 8.40. The summed E-state index contributed by atoms with van der Waals surface area (Å²) < 4.78 is 21.0. The average molecular weight is 563 g/mol. The van der Waals surface area contributed by atoms with E-state index >= 15 is 0 Å². The van der Waals surface area contributed by atoms with E-state index in [0.717, 1.165) is 5.56 Å². The maximum absolute atomic E-state index is 14.8. The molecule has 216 valence electrons. The SMILES string of the molecule is CCNC1=C2NC(=O)C(C)(N3CC[C@H](c4ccccc4Oc4ccc(C(=O)O)cc4)[C@@H](NC(C)=O)C3)C2CC(F)=C1. The smallest absolute Gasteiger partial charge is 0.335 e. The molecule has 2 amide bonds. The van der Waals surface area contributed by atoms with Gasteiger partial charge in [0.2, 0.25) is 11.8 Å². The number of halogens is 1. The molecule has 1 aliphatic carbocycles. The van der Waals surface area contributed by atoms with E-state index in [2.05, 4.69) is 20.9 Å².